The number of hydrogen-bond acceptors (Lipinski definition) is 4. The van der Waals surface area contributed by atoms with Crippen molar-refractivity contribution in [1.29, 1.82) is 0 Å². The van der Waals surface area contributed by atoms with Crippen LogP contribution in [0.5, 0.6) is 17.2 Å². The Hall–Kier alpha value is -5.32. The lowest BCUT2D eigenvalue weighted by Crippen LogP contribution is -1.96. The summed E-state index contributed by atoms with van der Waals surface area (Å²) in [6, 6.07) is 39.5. The Morgan fingerprint density at radius 1 is 0.452 bits per heavy atom. The maximum absolute atomic E-state index is 11.3. The first-order chi connectivity index (χ1) is 20.5. The molecule has 0 amide bonds. The minimum absolute atomic E-state index is 0.102. The average molecular weight is 549 g/mol. The van der Waals surface area contributed by atoms with E-state index in [1.54, 1.807) is 6.92 Å². The van der Waals surface area contributed by atoms with Crippen LogP contribution in [0.25, 0.3) is 65.7 Å². The molecule has 0 spiro atoms. The Bertz CT molecular complexity index is 2100. The van der Waals surface area contributed by atoms with E-state index in [-0.39, 0.29) is 17.1 Å². The van der Waals surface area contributed by atoms with Crippen LogP contribution >= 0.6 is 0 Å². The smallest absolute Gasteiger partial charge is 0.167 e. The second kappa shape index (κ2) is 9.95. The van der Waals surface area contributed by atoms with Gasteiger partial charge in [-0.3, -0.25) is 0 Å². The average Bonchev–Trinajstić information content (AvgIpc) is 3.03. The van der Waals surface area contributed by atoms with Crippen LogP contribution in [0.2, 0.25) is 0 Å². The monoisotopic (exact) mass is 548 g/mol. The van der Waals surface area contributed by atoms with Gasteiger partial charge in [-0.05, 0) is 67.6 Å². The fraction of sp³-hybridized carbons (Fsp3) is 0.0526. The number of aliphatic hydroxyl groups excluding tert-OH is 1. The van der Waals surface area contributed by atoms with Crippen LogP contribution in [-0.2, 0) is 6.61 Å². The molecule has 0 aliphatic heterocycles. The molecule has 204 valence electrons. The van der Waals surface area contributed by atoms with E-state index in [0.717, 1.165) is 49.4 Å². The molecular formula is C38H28O4. The van der Waals surface area contributed by atoms with Crippen molar-refractivity contribution >= 4 is 32.3 Å². The minimum Gasteiger partial charge on any atom is -0.507 e. The quantitative estimate of drug-likeness (QED) is 0.100. The third-order valence-corrected chi connectivity index (χ3v) is 8.36. The predicted octanol–water partition coefficient (Wildman–Crippen LogP) is 9.06. The molecule has 4 N–H and O–H groups in total. The number of aliphatic hydroxyl groups is 1. The van der Waals surface area contributed by atoms with Gasteiger partial charge in [0.1, 0.15) is 5.75 Å². The van der Waals surface area contributed by atoms with Gasteiger partial charge < -0.3 is 20.4 Å². The van der Waals surface area contributed by atoms with Crippen LogP contribution in [0.1, 0.15) is 11.1 Å². The topological polar surface area (TPSA) is 80.9 Å². The summed E-state index contributed by atoms with van der Waals surface area (Å²) in [4.78, 5) is 0. The summed E-state index contributed by atoms with van der Waals surface area (Å²) in [5.74, 6) is -1.10. The number of aromatic hydroxyl groups is 3. The Kier molecular flexibility index (Phi) is 6.07. The maximum Gasteiger partial charge on any atom is 0.167 e. The Balaban J connectivity index is 1.48. The highest BCUT2D eigenvalue weighted by molar-refractivity contribution is 6.22. The van der Waals surface area contributed by atoms with E-state index in [1.165, 1.54) is 10.8 Å². The van der Waals surface area contributed by atoms with Crippen LogP contribution in [0, 0.1) is 6.92 Å². The number of fused-ring (bicyclic) bond motifs is 3. The first kappa shape index (κ1) is 25.6. The summed E-state index contributed by atoms with van der Waals surface area (Å²) in [6.45, 7) is 1.05. The van der Waals surface area contributed by atoms with Gasteiger partial charge in [0, 0.05) is 16.7 Å². The van der Waals surface area contributed by atoms with Crippen LogP contribution in [-0.4, -0.2) is 20.4 Å². The van der Waals surface area contributed by atoms with Crippen LogP contribution in [0.3, 0.4) is 0 Å². The highest BCUT2D eigenvalue weighted by Gasteiger charge is 2.25. The van der Waals surface area contributed by atoms with Crippen molar-refractivity contribution in [2.75, 3.05) is 0 Å². The molecule has 0 fully saturated rings. The molecule has 0 unspecified atom stereocenters. The first-order valence-electron chi connectivity index (χ1n) is 13.9. The van der Waals surface area contributed by atoms with E-state index >= 15 is 0 Å². The standard InChI is InChI=1S/C38H28O4/c1-22-33(37(41)32(21-39)38(42)36(22)40)35-30-12-6-4-10-28(30)34(29-11-5-7-13-31(29)35)25-17-14-24(15-18-25)27-19-16-23-8-2-3-9-26(23)20-27/h2-20,39-42H,21H2,1H3. The second-order valence-electron chi connectivity index (χ2n) is 10.7. The third-order valence-electron chi connectivity index (χ3n) is 8.36. The fourth-order valence-electron chi connectivity index (χ4n) is 6.24. The molecule has 7 aromatic rings. The third kappa shape index (κ3) is 3.88. The summed E-state index contributed by atoms with van der Waals surface area (Å²) in [5.41, 5.74) is 5.77. The zero-order valence-corrected chi connectivity index (χ0v) is 23.0. The summed E-state index contributed by atoms with van der Waals surface area (Å²) in [6.07, 6.45) is 0. The highest BCUT2D eigenvalue weighted by Crippen LogP contribution is 2.52. The number of rotatable bonds is 4. The van der Waals surface area contributed by atoms with E-state index in [1.807, 2.05) is 36.4 Å². The summed E-state index contributed by atoms with van der Waals surface area (Å²) in [5, 5.41) is 48.6. The minimum atomic E-state index is -0.615. The predicted molar refractivity (Wildman–Crippen MR) is 171 cm³/mol. The van der Waals surface area contributed by atoms with Crippen molar-refractivity contribution < 1.29 is 20.4 Å². The second-order valence-corrected chi connectivity index (χ2v) is 10.7. The molecule has 7 rings (SSSR count). The van der Waals surface area contributed by atoms with Gasteiger partial charge >= 0.3 is 0 Å². The number of benzene rings is 7. The van der Waals surface area contributed by atoms with E-state index < -0.39 is 12.4 Å². The number of phenols is 3. The summed E-state index contributed by atoms with van der Waals surface area (Å²) in [7, 11) is 0. The molecule has 42 heavy (non-hydrogen) atoms. The van der Waals surface area contributed by atoms with Gasteiger partial charge in [0.25, 0.3) is 0 Å². The van der Waals surface area contributed by atoms with Crippen molar-refractivity contribution in [3.63, 3.8) is 0 Å². The molecule has 7 aromatic carbocycles. The van der Waals surface area contributed by atoms with E-state index in [0.29, 0.717) is 11.1 Å². The van der Waals surface area contributed by atoms with Crippen LogP contribution in [0.4, 0.5) is 0 Å². The summed E-state index contributed by atoms with van der Waals surface area (Å²) >= 11 is 0. The van der Waals surface area contributed by atoms with Gasteiger partial charge in [0.05, 0.1) is 12.2 Å². The van der Waals surface area contributed by atoms with Gasteiger partial charge in [-0.2, -0.15) is 0 Å². The van der Waals surface area contributed by atoms with Gasteiger partial charge in [0.15, 0.2) is 11.5 Å². The van der Waals surface area contributed by atoms with Gasteiger partial charge in [0.2, 0.25) is 0 Å². The molecule has 4 heteroatoms. The number of hydrogen-bond donors (Lipinski definition) is 4. The largest absolute Gasteiger partial charge is 0.507 e. The fourth-order valence-corrected chi connectivity index (χ4v) is 6.24. The normalized spacial score (nSPS) is 11.5. The maximum atomic E-state index is 11.3. The van der Waals surface area contributed by atoms with Crippen LogP contribution in [0.15, 0.2) is 115 Å². The lowest BCUT2D eigenvalue weighted by molar-refractivity contribution is 0.266. The van der Waals surface area contributed by atoms with E-state index in [2.05, 4.69) is 78.9 Å². The Labute approximate surface area is 243 Å². The molecule has 0 saturated carbocycles. The molecule has 0 saturated heterocycles. The van der Waals surface area contributed by atoms with Gasteiger partial charge in [-0.25, -0.2) is 0 Å². The summed E-state index contributed by atoms with van der Waals surface area (Å²) < 4.78 is 0. The van der Waals surface area contributed by atoms with Gasteiger partial charge in [-0.1, -0.05) is 109 Å². The van der Waals surface area contributed by atoms with E-state index in [9.17, 15) is 20.4 Å². The first-order valence-corrected chi connectivity index (χ1v) is 13.9. The SMILES string of the molecule is Cc1c(O)c(O)c(CO)c(O)c1-c1c2ccccc2c(-c2ccc(-c3ccc4ccccc4c3)cc2)c2ccccc12. The molecule has 0 bridgehead atoms. The van der Waals surface area contributed by atoms with Crippen LogP contribution < -0.4 is 0 Å². The van der Waals surface area contributed by atoms with Crippen molar-refractivity contribution in [3.8, 4) is 50.6 Å². The Morgan fingerprint density at radius 3 is 1.55 bits per heavy atom. The van der Waals surface area contributed by atoms with Crippen molar-refractivity contribution in [3.05, 3.63) is 126 Å². The number of phenolic OH excluding ortho intramolecular Hbond substituents is 1. The lowest BCUT2D eigenvalue weighted by Gasteiger charge is -2.21. The molecule has 0 aliphatic carbocycles. The lowest BCUT2D eigenvalue weighted by atomic mass is 9.83. The molecule has 0 aromatic heterocycles. The van der Waals surface area contributed by atoms with Gasteiger partial charge in [-0.15, -0.1) is 0 Å². The molecule has 0 radical (unpaired) electrons. The highest BCUT2D eigenvalue weighted by atomic mass is 16.3. The van der Waals surface area contributed by atoms with Crippen molar-refractivity contribution in [2.24, 2.45) is 0 Å². The van der Waals surface area contributed by atoms with Crippen molar-refractivity contribution in [1.82, 2.24) is 0 Å². The molecule has 0 aliphatic rings. The molecule has 4 nitrogen and oxygen atoms in total. The zero-order chi connectivity index (χ0) is 29.0. The molecule has 0 atom stereocenters. The zero-order valence-electron chi connectivity index (χ0n) is 23.0. The van der Waals surface area contributed by atoms with E-state index in [4.69, 9.17) is 0 Å². The van der Waals surface area contributed by atoms with Crippen molar-refractivity contribution in [2.45, 2.75) is 13.5 Å². The molecular weight excluding hydrogens is 520 g/mol. The Morgan fingerprint density at radius 2 is 0.952 bits per heavy atom. The molecule has 0 heterocycles.